The van der Waals surface area contributed by atoms with E-state index in [1.165, 1.54) is 0 Å². The molecule has 0 aromatic carbocycles. The molecule has 0 radical (unpaired) electrons. The van der Waals surface area contributed by atoms with Crippen LogP contribution in [0.15, 0.2) is 6.20 Å². The molecular formula is C12H19N3O2S. The number of carbonyl (C=O) groups excluding carboxylic acids is 1. The maximum atomic E-state index is 11.9. The van der Waals surface area contributed by atoms with Crippen LogP contribution in [0.4, 0.5) is 4.79 Å². The molecule has 0 atom stereocenters. The Morgan fingerprint density at radius 3 is 2.89 bits per heavy atom. The van der Waals surface area contributed by atoms with Gasteiger partial charge in [0.15, 0.2) is 0 Å². The summed E-state index contributed by atoms with van der Waals surface area (Å²) in [5.41, 5.74) is 0. The van der Waals surface area contributed by atoms with Gasteiger partial charge in [0.2, 0.25) is 0 Å². The number of amides is 2. The average Bonchev–Trinajstić information content (AvgIpc) is 2.82. The third-order valence-corrected chi connectivity index (χ3v) is 4.16. The Kier molecular flexibility index (Phi) is 4.54. The van der Waals surface area contributed by atoms with Gasteiger partial charge >= 0.3 is 6.03 Å². The number of rotatable bonds is 3. The first-order chi connectivity index (χ1) is 8.69. The molecule has 1 aliphatic heterocycles. The van der Waals surface area contributed by atoms with E-state index >= 15 is 0 Å². The number of hydrogen-bond acceptors (Lipinski definition) is 4. The Bertz CT molecular complexity index is 400. The maximum absolute atomic E-state index is 11.9. The summed E-state index contributed by atoms with van der Waals surface area (Å²) in [7, 11) is 0. The van der Waals surface area contributed by atoms with Crippen LogP contribution in [0.2, 0.25) is 0 Å². The van der Waals surface area contributed by atoms with Crippen LogP contribution in [-0.4, -0.2) is 40.7 Å². The number of nitrogens with one attached hydrogen (secondary N) is 1. The van der Waals surface area contributed by atoms with Gasteiger partial charge in [-0.1, -0.05) is 0 Å². The van der Waals surface area contributed by atoms with E-state index in [0.29, 0.717) is 12.5 Å². The minimum Gasteiger partial charge on any atom is -0.396 e. The Hall–Kier alpha value is -1.14. The number of piperidine rings is 1. The summed E-state index contributed by atoms with van der Waals surface area (Å²) in [4.78, 5) is 19.0. The molecule has 1 aromatic rings. The van der Waals surface area contributed by atoms with Crippen LogP contribution in [-0.2, 0) is 6.54 Å². The predicted molar refractivity (Wildman–Crippen MR) is 70.5 cm³/mol. The first-order valence-electron chi connectivity index (χ1n) is 6.24. The second-order valence-corrected chi connectivity index (χ2v) is 5.94. The van der Waals surface area contributed by atoms with Crippen molar-refractivity contribution in [2.45, 2.75) is 26.3 Å². The van der Waals surface area contributed by atoms with E-state index in [1.807, 2.05) is 11.8 Å². The molecule has 0 spiro atoms. The van der Waals surface area contributed by atoms with Crippen molar-refractivity contribution in [1.82, 2.24) is 15.2 Å². The fraction of sp³-hybridized carbons (Fsp3) is 0.667. The molecule has 2 heterocycles. The molecule has 6 heteroatoms. The van der Waals surface area contributed by atoms with E-state index < -0.39 is 0 Å². The maximum Gasteiger partial charge on any atom is 0.317 e. The first-order valence-corrected chi connectivity index (χ1v) is 7.05. The van der Waals surface area contributed by atoms with Gasteiger partial charge in [-0.15, -0.1) is 11.3 Å². The lowest BCUT2D eigenvalue weighted by molar-refractivity contribution is 0.137. The number of nitrogens with zero attached hydrogens (tertiary/aromatic N) is 2. The van der Waals surface area contributed by atoms with Crippen LogP contribution >= 0.6 is 11.3 Å². The fourth-order valence-electron chi connectivity index (χ4n) is 2.08. The molecule has 5 nitrogen and oxygen atoms in total. The highest BCUT2D eigenvalue weighted by molar-refractivity contribution is 7.11. The van der Waals surface area contributed by atoms with E-state index in [0.717, 1.165) is 35.8 Å². The highest BCUT2D eigenvalue weighted by atomic mass is 32.1. The van der Waals surface area contributed by atoms with Crippen molar-refractivity contribution < 1.29 is 9.90 Å². The molecule has 0 bridgehead atoms. The van der Waals surface area contributed by atoms with Crippen LogP contribution in [0, 0.1) is 12.8 Å². The molecular weight excluding hydrogens is 250 g/mol. The van der Waals surface area contributed by atoms with E-state index in [-0.39, 0.29) is 12.6 Å². The van der Waals surface area contributed by atoms with Crippen molar-refractivity contribution in [2.24, 2.45) is 5.92 Å². The summed E-state index contributed by atoms with van der Waals surface area (Å²) >= 11 is 1.60. The van der Waals surface area contributed by atoms with Gasteiger partial charge in [-0.2, -0.15) is 0 Å². The van der Waals surface area contributed by atoms with Gasteiger partial charge in [0.25, 0.3) is 0 Å². The molecule has 1 aliphatic rings. The molecule has 0 aliphatic carbocycles. The number of carbonyl (C=O) groups is 1. The van der Waals surface area contributed by atoms with Crippen LogP contribution < -0.4 is 5.32 Å². The molecule has 18 heavy (non-hydrogen) atoms. The molecule has 2 N–H and O–H groups in total. The topological polar surface area (TPSA) is 65.5 Å². The van der Waals surface area contributed by atoms with Crippen molar-refractivity contribution in [3.8, 4) is 0 Å². The summed E-state index contributed by atoms with van der Waals surface area (Å²) in [6.45, 7) is 4.20. The van der Waals surface area contributed by atoms with Crippen molar-refractivity contribution in [3.05, 3.63) is 16.1 Å². The number of urea groups is 1. The van der Waals surface area contributed by atoms with Crippen molar-refractivity contribution in [1.29, 1.82) is 0 Å². The number of aliphatic hydroxyl groups is 1. The van der Waals surface area contributed by atoms with Gasteiger partial charge in [-0.05, 0) is 25.7 Å². The Labute approximate surface area is 111 Å². The smallest absolute Gasteiger partial charge is 0.317 e. The lowest BCUT2D eigenvalue weighted by Crippen LogP contribution is -2.44. The van der Waals surface area contributed by atoms with Crippen LogP contribution in [0.25, 0.3) is 0 Å². The summed E-state index contributed by atoms with van der Waals surface area (Å²) < 4.78 is 0. The second kappa shape index (κ2) is 6.15. The highest BCUT2D eigenvalue weighted by Gasteiger charge is 2.21. The summed E-state index contributed by atoms with van der Waals surface area (Å²) in [6.07, 6.45) is 3.59. The summed E-state index contributed by atoms with van der Waals surface area (Å²) in [5, 5.41) is 13.0. The zero-order valence-electron chi connectivity index (χ0n) is 10.6. The third kappa shape index (κ3) is 3.43. The van der Waals surface area contributed by atoms with E-state index in [2.05, 4.69) is 10.3 Å². The van der Waals surface area contributed by atoms with Crippen molar-refractivity contribution >= 4 is 17.4 Å². The Balaban J connectivity index is 1.75. The largest absolute Gasteiger partial charge is 0.396 e. The normalized spacial score (nSPS) is 16.9. The summed E-state index contributed by atoms with van der Waals surface area (Å²) in [5.74, 6) is 0.359. The van der Waals surface area contributed by atoms with Crippen LogP contribution in [0.3, 0.4) is 0 Å². The monoisotopic (exact) mass is 269 g/mol. The Morgan fingerprint density at radius 2 is 2.33 bits per heavy atom. The quantitative estimate of drug-likeness (QED) is 0.871. The van der Waals surface area contributed by atoms with Gasteiger partial charge in [0.05, 0.1) is 11.6 Å². The molecule has 1 fully saturated rings. The highest BCUT2D eigenvalue weighted by Crippen LogP contribution is 2.16. The van der Waals surface area contributed by atoms with E-state index in [4.69, 9.17) is 5.11 Å². The van der Waals surface area contributed by atoms with Gasteiger partial charge in [0.1, 0.15) is 0 Å². The predicted octanol–water partition coefficient (Wildman–Crippen LogP) is 1.37. The number of aryl methyl sites for hydroxylation is 1. The lowest BCUT2D eigenvalue weighted by Gasteiger charge is -2.31. The fourth-order valence-corrected chi connectivity index (χ4v) is 2.81. The van der Waals surface area contributed by atoms with E-state index in [9.17, 15) is 4.79 Å². The third-order valence-electron chi connectivity index (χ3n) is 3.24. The first kappa shape index (κ1) is 13.3. The average molecular weight is 269 g/mol. The molecule has 2 amide bonds. The SMILES string of the molecule is Cc1ncc(CNC(=O)N2CCC(CO)CC2)s1. The van der Waals surface area contributed by atoms with E-state index in [1.54, 1.807) is 17.5 Å². The minimum atomic E-state index is -0.0163. The van der Waals surface area contributed by atoms with Gasteiger partial charge in [-0.25, -0.2) is 9.78 Å². The van der Waals surface area contributed by atoms with Gasteiger partial charge in [0, 0.05) is 30.8 Å². The number of hydrogen-bond donors (Lipinski definition) is 2. The number of aromatic nitrogens is 1. The molecule has 0 unspecified atom stereocenters. The molecule has 0 saturated carbocycles. The van der Waals surface area contributed by atoms with Gasteiger partial charge < -0.3 is 15.3 Å². The zero-order chi connectivity index (χ0) is 13.0. The van der Waals surface area contributed by atoms with Crippen LogP contribution in [0.5, 0.6) is 0 Å². The number of thiazole rings is 1. The number of likely N-dealkylation sites (tertiary alicyclic amines) is 1. The molecule has 1 aromatic heterocycles. The minimum absolute atomic E-state index is 0.0163. The second-order valence-electron chi connectivity index (χ2n) is 4.62. The van der Waals surface area contributed by atoms with Crippen molar-refractivity contribution in [2.75, 3.05) is 19.7 Å². The molecule has 100 valence electrons. The lowest BCUT2D eigenvalue weighted by atomic mass is 9.98. The zero-order valence-corrected chi connectivity index (χ0v) is 11.4. The Morgan fingerprint density at radius 1 is 1.61 bits per heavy atom. The van der Waals surface area contributed by atoms with Gasteiger partial charge in [-0.3, -0.25) is 0 Å². The van der Waals surface area contributed by atoms with Crippen molar-refractivity contribution in [3.63, 3.8) is 0 Å². The molecule has 1 saturated heterocycles. The summed E-state index contributed by atoms with van der Waals surface area (Å²) in [6, 6.07) is -0.0163. The standard InChI is InChI=1S/C12H19N3O2S/c1-9-13-6-11(18-9)7-14-12(17)15-4-2-10(8-16)3-5-15/h6,10,16H,2-5,7-8H2,1H3,(H,14,17). The van der Waals surface area contributed by atoms with Crippen LogP contribution in [0.1, 0.15) is 22.7 Å². The number of aliphatic hydroxyl groups excluding tert-OH is 1. The molecule has 2 rings (SSSR count).